The van der Waals surface area contributed by atoms with E-state index in [1.165, 1.54) is 6.07 Å². The van der Waals surface area contributed by atoms with Gasteiger partial charge in [0, 0.05) is 12.3 Å². The minimum atomic E-state index is -0.165. The molecule has 0 aromatic carbocycles. The molecule has 64 valence electrons. The van der Waals surface area contributed by atoms with E-state index < -0.39 is 0 Å². The number of carbonyl (C=O) groups is 1. The molecule has 0 aliphatic carbocycles. The van der Waals surface area contributed by atoms with E-state index in [1.54, 1.807) is 12.3 Å². The number of rotatable bonds is 4. The molecule has 0 radical (unpaired) electrons. The Morgan fingerprint density at radius 2 is 2.42 bits per heavy atom. The number of carbonyl (C=O) groups excluding carboxylic acids is 1. The summed E-state index contributed by atoms with van der Waals surface area (Å²) >= 11 is 0. The molecule has 0 saturated carbocycles. The lowest BCUT2D eigenvalue weighted by atomic mass is 10.3. The number of hydrogen-bond acceptors (Lipinski definition) is 3. The maximum absolute atomic E-state index is 10.7. The van der Waals surface area contributed by atoms with Gasteiger partial charge in [-0.25, -0.2) is 0 Å². The number of H-pyrrole nitrogens is 1. The first kappa shape index (κ1) is 8.67. The van der Waals surface area contributed by atoms with Crippen molar-refractivity contribution in [2.45, 2.75) is 6.61 Å². The number of ether oxygens (including phenoxy) is 1. The van der Waals surface area contributed by atoms with Crippen LogP contribution < -0.4 is 5.56 Å². The van der Waals surface area contributed by atoms with E-state index in [4.69, 9.17) is 4.74 Å². The Morgan fingerprint density at radius 1 is 1.58 bits per heavy atom. The van der Waals surface area contributed by atoms with E-state index in [9.17, 15) is 9.59 Å². The number of hydrogen-bond donors (Lipinski definition) is 1. The summed E-state index contributed by atoms with van der Waals surface area (Å²) in [6, 6.07) is 3.16. The fourth-order valence-electron chi connectivity index (χ4n) is 0.804. The lowest BCUT2D eigenvalue weighted by Gasteiger charge is -1.98. The van der Waals surface area contributed by atoms with Gasteiger partial charge in [0.2, 0.25) is 5.56 Å². The Hall–Kier alpha value is -1.42. The largest absolute Gasteiger partial charge is 0.369 e. The molecular formula is C8H9NO3. The van der Waals surface area contributed by atoms with Gasteiger partial charge in [-0.3, -0.25) is 4.79 Å². The van der Waals surface area contributed by atoms with Crippen molar-refractivity contribution in [2.75, 3.05) is 6.61 Å². The Kier molecular flexibility index (Phi) is 3.22. The van der Waals surface area contributed by atoms with Crippen molar-refractivity contribution >= 4 is 6.29 Å². The smallest absolute Gasteiger partial charge is 0.248 e. The van der Waals surface area contributed by atoms with Crippen molar-refractivity contribution in [3.8, 4) is 0 Å². The molecule has 1 N–H and O–H groups in total. The second-order valence-electron chi connectivity index (χ2n) is 2.24. The van der Waals surface area contributed by atoms with Gasteiger partial charge in [-0.15, -0.1) is 0 Å². The highest BCUT2D eigenvalue weighted by Gasteiger charge is 1.92. The number of pyridine rings is 1. The predicted molar refractivity (Wildman–Crippen MR) is 42.8 cm³/mol. The average molecular weight is 167 g/mol. The van der Waals surface area contributed by atoms with E-state index >= 15 is 0 Å². The quantitative estimate of drug-likeness (QED) is 0.510. The molecule has 4 nitrogen and oxygen atoms in total. The van der Waals surface area contributed by atoms with Crippen molar-refractivity contribution in [3.05, 3.63) is 34.2 Å². The summed E-state index contributed by atoms with van der Waals surface area (Å²) in [7, 11) is 0. The van der Waals surface area contributed by atoms with Crippen molar-refractivity contribution in [1.82, 2.24) is 4.98 Å². The van der Waals surface area contributed by atoms with Gasteiger partial charge < -0.3 is 14.5 Å². The number of nitrogens with one attached hydrogen (secondary N) is 1. The van der Waals surface area contributed by atoms with Gasteiger partial charge in [0.05, 0.1) is 6.61 Å². The van der Waals surface area contributed by atoms with E-state index in [-0.39, 0.29) is 12.2 Å². The highest BCUT2D eigenvalue weighted by Crippen LogP contribution is 1.94. The molecule has 12 heavy (non-hydrogen) atoms. The molecule has 0 aliphatic heterocycles. The molecule has 0 bridgehead atoms. The zero-order valence-electron chi connectivity index (χ0n) is 6.45. The van der Waals surface area contributed by atoms with Crippen molar-refractivity contribution in [2.24, 2.45) is 0 Å². The zero-order valence-corrected chi connectivity index (χ0v) is 6.45. The summed E-state index contributed by atoms with van der Waals surface area (Å²) in [5.74, 6) is 0. The minimum absolute atomic E-state index is 0.0623. The van der Waals surface area contributed by atoms with E-state index in [1.807, 2.05) is 0 Å². The first-order valence-electron chi connectivity index (χ1n) is 3.52. The first-order valence-corrected chi connectivity index (χ1v) is 3.52. The summed E-state index contributed by atoms with van der Waals surface area (Å²) in [5, 5.41) is 0. The number of aromatic amines is 1. The molecule has 0 saturated heterocycles. The third kappa shape index (κ3) is 2.67. The van der Waals surface area contributed by atoms with Crippen LogP contribution in [-0.4, -0.2) is 17.9 Å². The molecule has 1 aromatic rings. The Balaban J connectivity index is 2.52. The van der Waals surface area contributed by atoms with Crippen LogP contribution in [0.25, 0.3) is 0 Å². The molecule has 0 unspecified atom stereocenters. The fourth-order valence-corrected chi connectivity index (χ4v) is 0.804. The second kappa shape index (κ2) is 4.46. The molecule has 0 amide bonds. The highest BCUT2D eigenvalue weighted by atomic mass is 16.5. The van der Waals surface area contributed by atoms with Gasteiger partial charge in [0.25, 0.3) is 0 Å². The van der Waals surface area contributed by atoms with Gasteiger partial charge >= 0.3 is 0 Å². The van der Waals surface area contributed by atoms with Crippen molar-refractivity contribution in [1.29, 1.82) is 0 Å². The van der Waals surface area contributed by atoms with Crippen LogP contribution in [0.4, 0.5) is 0 Å². The average Bonchev–Trinajstić information content (AvgIpc) is 2.05. The monoisotopic (exact) mass is 167 g/mol. The van der Waals surface area contributed by atoms with Gasteiger partial charge in [-0.2, -0.15) is 0 Å². The molecule has 4 heteroatoms. The van der Waals surface area contributed by atoms with Gasteiger partial charge in [0.15, 0.2) is 0 Å². The lowest BCUT2D eigenvalue weighted by molar-refractivity contribution is -0.112. The normalized spacial score (nSPS) is 9.67. The molecule has 1 heterocycles. The van der Waals surface area contributed by atoms with E-state index in [0.29, 0.717) is 12.9 Å². The molecule has 0 spiro atoms. The molecule has 0 aliphatic rings. The van der Waals surface area contributed by atoms with E-state index in [2.05, 4.69) is 4.98 Å². The maximum atomic E-state index is 10.7. The van der Waals surface area contributed by atoms with Crippen LogP contribution in [0.1, 0.15) is 5.56 Å². The minimum Gasteiger partial charge on any atom is -0.369 e. The summed E-state index contributed by atoms with van der Waals surface area (Å²) in [6.45, 7) is 0.357. The van der Waals surface area contributed by atoms with Crippen LogP contribution in [0.2, 0.25) is 0 Å². The van der Waals surface area contributed by atoms with Crippen LogP contribution in [0.5, 0.6) is 0 Å². The number of aromatic nitrogens is 1. The van der Waals surface area contributed by atoms with Crippen molar-refractivity contribution in [3.63, 3.8) is 0 Å². The SMILES string of the molecule is O=CCOCc1cc[nH]c(=O)c1. The first-order chi connectivity index (χ1) is 5.83. The molecule has 1 aromatic heterocycles. The third-order valence-corrected chi connectivity index (χ3v) is 1.29. The molecule has 1 rings (SSSR count). The molecule has 0 atom stereocenters. The maximum Gasteiger partial charge on any atom is 0.248 e. The third-order valence-electron chi connectivity index (χ3n) is 1.29. The molecular weight excluding hydrogens is 158 g/mol. The predicted octanol–water partition coefficient (Wildman–Crippen LogP) is 0.0904. The van der Waals surface area contributed by atoms with Crippen LogP contribution in [-0.2, 0) is 16.1 Å². The topological polar surface area (TPSA) is 59.2 Å². The van der Waals surface area contributed by atoms with Crippen LogP contribution in [0.3, 0.4) is 0 Å². The number of aldehydes is 1. The van der Waals surface area contributed by atoms with Crippen molar-refractivity contribution < 1.29 is 9.53 Å². The summed E-state index contributed by atoms with van der Waals surface area (Å²) in [5.41, 5.74) is 0.600. The summed E-state index contributed by atoms with van der Waals surface area (Å²) in [6.07, 6.45) is 2.22. The lowest BCUT2D eigenvalue weighted by Crippen LogP contribution is -2.05. The summed E-state index contributed by atoms with van der Waals surface area (Å²) < 4.78 is 4.90. The summed E-state index contributed by atoms with van der Waals surface area (Å²) in [4.78, 5) is 23.1. The Labute approximate surface area is 69.2 Å². The van der Waals surface area contributed by atoms with E-state index in [0.717, 1.165) is 5.56 Å². The standard InChI is InChI=1S/C8H9NO3/c10-3-4-12-6-7-1-2-9-8(11)5-7/h1-3,5H,4,6H2,(H,9,11). The van der Waals surface area contributed by atoms with Gasteiger partial charge in [-0.1, -0.05) is 0 Å². The van der Waals surface area contributed by atoms with Gasteiger partial charge in [0.1, 0.15) is 12.9 Å². The fraction of sp³-hybridized carbons (Fsp3) is 0.250. The Bertz CT molecular complexity index is 305. The zero-order chi connectivity index (χ0) is 8.81. The highest BCUT2D eigenvalue weighted by molar-refractivity contribution is 5.50. The second-order valence-corrected chi connectivity index (χ2v) is 2.24. The van der Waals surface area contributed by atoms with Crippen LogP contribution in [0.15, 0.2) is 23.1 Å². The molecule has 0 fully saturated rings. The van der Waals surface area contributed by atoms with Gasteiger partial charge in [-0.05, 0) is 11.6 Å². The van der Waals surface area contributed by atoms with Crippen LogP contribution in [0, 0.1) is 0 Å². The van der Waals surface area contributed by atoms with Crippen LogP contribution >= 0.6 is 0 Å². The Morgan fingerprint density at radius 3 is 3.08 bits per heavy atom.